The second-order valence-corrected chi connectivity index (χ2v) is 6.86. The van der Waals surface area contributed by atoms with E-state index in [-0.39, 0.29) is 34.7 Å². The van der Waals surface area contributed by atoms with Crippen LogP contribution < -0.4 is 9.46 Å². The van der Waals surface area contributed by atoms with Crippen molar-refractivity contribution < 1.29 is 22.7 Å². The summed E-state index contributed by atoms with van der Waals surface area (Å²) in [7, 11) is -0.882. The summed E-state index contributed by atoms with van der Waals surface area (Å²) in [5, 5.41) is 0.289. The van der Waals surface area contributed by atoms with Crippen molar-refractivity contribution in [3.63, 3.8) is 0 Å². The number of carbonyl (C=O) groups is 1. The number of methoxy groups -OCH3 is 2. The lowest BCUT2D eigenvalue weighted by Gasteiger charge is -2.21. The molecule has 0 saturated heterocycles. The zero-order valence-electron chi connectivity index (χ0n) is 13.3. The molecule has 0 fully saturated rings. The Bertz CT molecular complexity index is 636. The molecule has 1 N–H and O–H groups in total. The molecule has 0 bridgehead atoms. The third-order valence-electron chi connectivity index (χ3n) is 3.10. The molecule has 0 aliphatic carbocycles. The SMILES string of the molecule is COCCN(CCNS(=O)(=O)c1cc(Cl)ccc1OC)C(C)=O. The highest BCUT2D eigenvalue weighted by Crippen LogP contribution is 2.26. The van der Waals surface area contributed by atoms with Gasteiger partial charge in [0.15, 0.2) is 0 Å². The first-order valence-electron chi connectivity index (χ1n) is 6.89. The number of ether oxygens (including phenoxy) is 2. The molecule has 1 rings (SSSR count). The van der Waals surface area contributed by atoms with Crippen molar-refractivity contribution in [1.82, 2.24) is 9.62 Å². The topological polar surface area (TPSA) is 84.9 Å². The average Bonchev–Trinajstić information content (AvgIpc) is 2.50. The first kappa shape index (κ1) is 19.7. The van der Waals surface area contributed by atoms with Gasteiger partial charge in [0.05, 0.1) is 13.7 Å². The molecule has 1 amide bonds. The van der Waals surface area contributed by atoms with Gasteiger partial charge in [-0.15, -0.1) is 0 Å². The Labute approximate surface area is 141 Å². The average molecular weight is 365 g/mol. The number of carbonyl (C=O) groups excluding carboxylic acids is 1. The molecule has 0 aromatic heterocycles. The highest BCUT2D eigenvalue weighted by atomic mass is 35.5. The molecule has 0 atom stereocenters. The molecule has 0 radical (unpaired) electrons. The van der Waals surface area contributed by atoms with E-state index >= 15 is 0 Å². The van der Waals surface area contributed by atoms with E-state index in [1.165, 1.54) is 38.2 Å². The summed E-state index contributed by atoms with van der Waals surface area (Å²) >= 11 is 5.85. The van der Waals surface area contributed by atoms with Crippen LogP contribution in [-0.4, -0.2) is 59.7 Å². The molecule has 0 spiro atoms. The predicted octanol–water partition coefficient (Wildman–Crippen LogP) is 1.12. The minimum atomic E-state index is -3.80. The number of sulfonamides is 1. The summed E-state index contributed by atoms with van der Waals surface area (Å²) in [6, 6.07) is 4.34. The highest BCUT2D eigenvalue weighted by Gasteiger charge is 2.20. The molecular formula is C14H21ClN2O5S. The molecule has 1 aromatic rings. The molecule has 7 nitrogen and oxygen atoms in total. The lowest BCUT2D eigenvalue weighted by atomic mass is 10.3. The van der Waals surface area contributed by atoms with E-state index in [0.717, 1.165) is 0 Å². The van der Waals surface area contributed by atoms with Crippen molar-refractivity contribution in [3.05, 3.63) is 23.2 Å². The monoisotopic (exact) mass is 364 g/mol. The zero-order valence-corrected chi connectivity index (χ0v) is 14.9. The first-order chi connectivity index (χ1) is 10.8. The normalized spacial score (nSPS) is 11.3. The number of amides is 1. The highest BCUT2D eigenvalue weighted by molar-refractivity contribution is 7.89. The maximum atomic E-state index is 12.4. The first-order valence-corrected chi connectivity index (χ1v) is 8.75. The summed E-state index contributed by atoms with van der Waals surface area (Å²) in [6.07, 6.45) is 0. The van der Waals surface area contributed by atoms with Crippen LogP contribution in [0.15, 0.2) is 23.1 Å². The molecule has 0 aliphatic heterocycles. The summed E-state index contributed by atoms with van der Waals surface area (Å²) in [4.78, 5) is 12.9. The van der Waals surface area contributed by atoms with E-state index in [2.05, 4.69) is 4.72 Å². The summed E-state index contributed by atoms with van der Waals surface area (Å²) in [5.74, 6) is 0.0475. The van der Waals surface area contributed by atoms with Crippen LogP contribution >= 0.6 is 11.6 Å². The Hall–Kier alpha value is -1.35. The van der Waals surface area contributed by atoms with Crippen LogP contribution in [0.2, 0.25) is 5.02 Å². The van der Waals surface area contributed by atoms with E-state index < -0.39 is 10.0 Å². The van der Waals surface area contributed by atoms with Crippen molar-refractivity contribution in [2.75, 3.05) is 40.5 Å². The maximum absolute atomic E-state index is 12.4. The van der Waals surface area contributed by atoms with Crippen molar-refractivity contribution in [3.8, 4) is 5.75 Å². The van der Waals surface area contributed by atoms with Crippen LogP contribution in [0.4, 0.5) is 0 Å². The molecule has 130 valence electrons. The molecule has 0 unspecified atom stereocenters. The van der Waals surface area contributed by atoms with Crippen molar-refractivity contribution in [2.24, 2.45) is 0 Å². The molecule has 9 heteroatoms. The summed E-state index contributed by atoms with van der Waals surface area (Å²) < 4.78 is 37.1. The minimum absolute atomic E-state index is 0.0428. The van der Waals surface area contributed by atoms with Crippen LogP contribution in [0.1, 0.15) is 6.92 Å². The van der Waals surface area contributed by atoms with Crippen LogP contribution in [0.5, 0.6) is 5.75 Å². The van der Waals surface area contributed by atoms with Gasteiger partial charge < -0.3 is 14.4 Å². The molecule has 0 aliphatic rings. The molecular weight excluding hydrogens is 344 g/mol. The van der Waals surface area contributed by atoms with Gasteiger partial charge in [-0.05, 0) is 18.2 Å². The number of benzene rings is 1. The molecule has 0 heterocycles. The van der Waals surface area contributed by atoms with Crippen molar-refractivity contribution >= 4 is 27.5 Å². The predicted molar refractivity (Wildman–Crippen MR) is 87.3 cm³/mol. The number of halogens is 1. The Kier molecular flexibility index (Phi) is 7.77. The van der Waals surface area contributed by atoms with Crippen LogP contribution in [0, 0.1) is 0 Å². The Balaban J connectivity index is 2.76. The number of hydrogen-bond donors (Lipinski definition) is 1. The summed E-state index contributed by atoms with van der Waals surface area (Å²) in [5.41, 5.74) is 0. The van der Waals surface area contributed by atoms with Gasteiger partial charge in [-0.25, -0.2) is 13.1 Å². The van der Waals surface area contributed by atoms with Gasteiger partial charge in [-0.3, -0.25) is 4.79 Å². The third-order valence-corrected chi connectivity index (χ3v) is 4.82. The smallest absolute Gasteiger partial charge is 0.244 e. The van der Waals surface area contributed by atoms with E-state index in [1.807, 2.05) is 0 Å². The van der Waals surface area contributed by atoms with Gasteiger partial charge in [0.2, 0.25) is 15.9 Å². The van der Waals surface area contributed by atoms with Crippen LogP contribution in [0.25, 0.3) is 0 Å². The minimum Gasteiger partial charge on any atom is -0.495 e. The zero-order chi connectivity index (χ0) is 17.5. The fourth-order valence-corrected chi connectivity index (χ4v) is 3.33. The van der Waals surface area contributed by atoms with Gasteiger partial charge in [0.1, 0.15) is 10.6 Å². The van der Waals surface area contributed by atoms with Crippen molar-refractivity contribution in [1.29, 1.82) is 0 Å². The second-order valence-electron chi connectivity index (χ2n) is 4.69. The van der Waals surface area contributed by atoms with Gasteiger partial charge >= 0.3 is 0 Å². The third kappa shape index (κ3) is 5.98. The largest absolute Gasteiger partial charge is 0.495 e. The fraction of sp³-hybridized carbons (Fsp3) is 0.500. The number of nitrogens with one attached hydrogen (secondary N) is 1. The van der Waals surface area contributed by atoms with Gasteiger partial charge in [-0.2, -0.15) is 0 Å². The Morgan fingerprint density at radius 1 is 1.30 bits per heavy atom. The number of hydrogen-bond acceptors (Lipinski definition) is 5. The second kappa shape index (κ2) is 9.07. The van der Waals surface area contributed by atoms with Gasteiger partial charge in [0.25, 0.3) is 0 Å². The lowest BCUT2D eigenvalue weighted by molar-refractivity contribution is -0.129. The van der Waals surface area contributed by atoms with Crippen molar-refractivity contribution in [2.45, 2.75) is 11.8 Å². The van der Waals surface area contributed by atoms with E-state index in [4.69, 9.17) is 21.1 Å². The molecule has 23 heavy (non-hydrogen) atoms. The quantitative estimate of drug-likeness (QED) is 0.709. The van der Waals surface area contributed by atoms with Crippen LogP contribution in [-0.2, 0) is 19.6 Å². The molecule has 0 saturated carbocycles. The lowest BCUT2D eigenvalue weighted by Crippen LogP contribution is -2.39. The fourth-order valence-electron chi connectivity index (χ4n) is 1.88. The van der Waals surface area contributed by atoms with E-state index in [9.17, 15) is 13.2 Å². The van der Waals surface area contributed by atoms with Gasteiger partial charge in [0, 0.05) is 38.7 Å². The molecule has 1 aromatic carbocycles. The van der Waals surface area contributed by atoms with Crippen LogP contribution in [0.3, 0.4) is 0 Å². The van der Waals surface area contributed by atoms with Gasteiger partial charge in [-0.1, -0.05) is 11.6 Å². The standard InChI is InChI=1S/C14H21ClN2O5S/c1-11(18)17(8-9-21-2)7-6-16-23(19,20)14-10-12(15)4-5-13(14)22-3/h4-5,10,16H,6-9H2,1-3H3. The maximum Gasteiger partial charge on any atom is 0.244 e. The Morgan fingerprint density at radius 3 is 2.57 bits per heavy atom. The number of rotatable bonds is 9. The van der Waals surface area contributed by atoms with E-state index in [0.29, 0.717) is 13.2 Å². The Morgan fingerprint density at radius 2 is 2.00 bits per heavy atom. The summed E-state index contributed by atoms with van der Waals surface area (Å²) in [6.45, 7) is 2.51. The van der Waals surface area contributed by atoms with E-state index in [1.54, 1.807) is 6.07 Å². The number of nitrogens with zero attached hydrogens (tertiary/aromatic N) is 1.